The van der Waals surface area contributed by atoms with Crippen LogP contribution in [0.1, 0.15) is 28.5 Å². The Morgan fingerprint density at radius 2 is 1.59 bits per heavy atom. The van der Waals surface area contributed by atoms with Crippen molar-refractivity contribution in [2.75, 3.05) is 22.1 Å². The van der Waals surface area contributed by atoms with Gasteiger partial charge in [0.15, 0.2) is 0 Å². The Bertz CT molecular complexity index is 1030. The monoisotopic (exact) mass is 386 g/mol. The van der Waals surface area contributed by atoms with E-state index in [1.807, 2.05) is 6.07 Å². The summed E-state index contributed by atoms with van der Waals surface area (Å²) in [7, 11) is 0. The van der Waals surface area contributed by atoms with Crippen LogP contribution in [0.5, 0.6) is 0 Å². The highest BCUT2D eigenvalue weighted by molar-refractivity contribution is 6.03. The number of carbonyl (C=O) groups is 2. The van der Waals surface area contributed by atoms with Gasteiger partial charge in [0.1, 0.15) is 5.69 Å². The predicted molar refractivity (Wildman–Crippen MR) is 114 cm³/mol. The van der Waals surface area contributed by atoms with Crippen LogP contribution >= 0.6 is 0 Å². The van der Waals surface area contributed by atoms with Gasteiger partial charge in [-0.05, 0) is 53.9 Å². The van der Waals surface area contributed by atoms with Crippen LogP contribution in [0.4, 0.5) is 17.1 Å². The zero-order chi connectivity index (χ0) is 20.2. The fourth-order valence-electron chi connectivity index (χ4n) is 3.46. The molecule has 2 N–H and O–H groups in total. The maximum Gasteiger partial charge on any atom is 0.274 e. The molecule has 2 aromatic carbocycles. The maximum atomic E-state index is 12.5. The topological polar surface area (TPSA) is 74.3 Å². The van der Waals surface area contributed by atoms with E-state index < -0.39 is 0 Å². The third kappa shape index (κ3) is 4.43. The van der Waals surface area contributed by atoms with Crippen LogP contribution in [0.25, 0.3) is 0 Å². The molecule has 6 nitrogen and oxygen atoms in total. The molecule has 0 saturated heterocycles. The van der Waals surface area contributed by atoms with E-state index in [0.29, 0.717) is 17.1 Å². The Hall–Kier alpha value is -3.67. The number of fused-ring (bicyclic) bond motifs is 1. The molecule has 0 aliphatic carbocycles. The van der Waals surface area contributed by atoms with Crippen LogP contribution in [0.15, 0.2) is 66.9 Å². The number of nitrogens with one attached hydrogen (secondary N) is 2. The first-order valence-electron chi connectivity index (χ1n) is 9.55. The first-order chi connectivity index (χ1) is 14.1. The zero-order valence-corrected chi connectivity index (χ0v) is 16.2. The first-order valence-corrected chi connectivity index (χ1v) is 9.55. The van der Waals surface area contributed by atoms with Gasteiger partial charge in [-0.15, -0.1) is 0 Å². The number of rotatable bonds is 4. The van der Waals surface area contributed by atoms with Crippen molar-refractivity contribution in [3.8, 4) is 0 Å². The summed E-state index contributed by atoms with van der Waals surface area (Å²) < 4.78 is 0. The van der Waals surface area contributed by atoms with Gasteiger partial charge in [-0.3, -0.25) is 9.59 Å². The molecule has 0 unspecified atom stereocenters. The van der Waals surface area contributed by atoms with E-state index >= 15 is 0 Å². The SMILES string of the molecule is CC(=O)Nc1ccc(NC(=O)c2ccc(N3CCc4ccccc4C3)cn2)cc1. The lowest BCUT2D eigenvalue weighted by Crippen LogP contribution is -2.30. The first kappa shape index (κ1) is 18.7. The molecule has 6 heteroatoms. The van der Waals surface area contributed by atoms with Crippen LogP contribution in [-0.4, -0.2) is 23.3 Å². The number of aromatic nitrogens is 1. The molecule has 0 fully saturated rings. The second kappa shape index (κ2) is 8.14. The Morgan fingerprint density at radius 1 is 0.897 bits per heavy atom. The van der Waals surface area contributed by atoms with E-state index in [1.165, 1.54) is 18.1 Å². The Kier molecular flexibility index (Phi) is 5.24. The molecule has 2 heterocycles. The Morgan fingerprint density at radius 3 is 2.24 bits per heavy atom. The van der Waals surface area contributed by atoms with Gasteiger partial charge >= 0.3 is 0 Å². The van der Waals surface area contributed by atoms with Crippen molar-refractivity contribution < 1.29 is 9.59 Å². The summed E-state index contributed by atoms with van der Waals surface area (Å²) in [5, 5.41) is 5.52. The summed E-state index contributed by atoms with van der Waals surface area (Å²) in [5.41, 5.74) is 5.43. The number of benzene rings is 2. The van der Waals surface area contributed by atoms with Gasteiger partial charge in [-0.25, -0.2) is 4.98 Å². The average molecular weight is 386 g/mol. The molecular formula is C23H22N4O2. The van der Waals surface area contributed by atoms with E-state index in [9.17, 15) is 9.59 Å². The molecule has 29 heavy (non-hydrogen) atoms. The number of anilines is 3. The van der Waals surface area contributed by atoms with Crippen LogP contribution < -0.4 is 15.5 Å². The lowest BCUT2D eigenvalue weighted by molar-refractivity contribution is -0.114. The largest absolute Gasteiger partial charge is 0.366 e. The van der Waals surface area contributed by atoms with Crippen molar-refractivity contribution in [2.24, 2.45) is 0 Å². The van der Waals surface area contributed by atoms with Crippen LogP contribution in [0, 0.1) is 0 Å². The third-order valence-electron chi connectivity index (χ3n) is 4.94. The molecule has 3 aromatic rings. The maximum absolute atomic E-state index is 12.5. The van der Waals surface area contributed by atoms with E-state index in [-0.39, 0.29) is 11.8 Å². The lowest BCUT2D eigenvalue weighted by Gasteiger charge is -2.30. The van der Waals surface area contributed by atoms with E-state index in [1.54, 1.807) is 36.5 Å². The fraction of sp³-hybridized carbons (Fsp3) is 0.174. The number of amides is 2. The highest BCUT2D eigenvalue weighted by Gasteiger charge is 2.17. The summed E-state index contributed by atoms with van der Waals surface area (Å²) >= 11 is 0. The second-order valence-electron chi connectivity index (χ2n) is 7.05. The van der Waals surface area contributed by atoms with Gasteiger partial charge in [0.2, 0.25) is 5.91 Å². The Labute approximate surface area is 169 Å². The molecule has 0 saturated carbocycles. The van der Waals surface area contributed by atoms with Gasteiger partial charge in [-0.2, -0.15) is 0 Å². The standard InChI is InChI=1S/C23H22N4O2/c1-16(28)25-19-6-8-20(9-7-19)26-23(29)22-11-10-21(14-24-22)27-13-12-17-4-2-3-5-18(17)15-27/h2-11,14H,12-13,15H2,1H3,(H,25,28)(H,26,29). The second-order valence-corrected chi connectivity index (χ2v) is 7.05. The smallest absolute Gasteiger partial charge is 0.274 e. The van der Waals surface area contributed by atoms with Crippen LogP contribution in [0.2, 0.25) is 0 Å². The van der Waals surface area contributed by atoms with Crippen molar-refractivity contribution in [3.63, 3.8) is 0 Å². The normalized spacial score (nSPS) is 12.8. The van der Waals surface area contributed by atoms with E-state index in [2.05, 4.69) is 44.8 Å². The number of hydrogen-bond donors (Lipinski definition) is 2. The van der Waals surface area contributed by atoms with Gasteiger partial charge in [0, 0.05) is 31.4 Å². The predicted octanol–water partition coefficient (Wildman–Crippen LogP) is 3.86. The van der Waals surface area contributed by atoms with Gasteiger partial charge in [0.05, 0.1) is 11.9 Å². The molecule has 0 radical (unpaired) electrons. The average Bonchev–Trinajstić information content (AvgIpc) is 2.74. The van der Waals surface area contributed by atoms with Gasteiger partial charge < -0.3 is 15.5 Å². The molecule has 1 aromatic heterocycles. The highest BCUT2D eigenvalue weighted by atomic mass is 16.2. The summed E-state index contributed by atoms with van der Waals surface area (Å²) in [6.07, 6.45) is 2.76. The van der Waals surface area contributed by atoms with Gasteiger partial charge in [-0.1, -0.05) is 24.3 Å². The van der Waals surface area contributed by atoms with Crippen LogP contribution in [-0.2, 0) is 17.8 Å². The quantitative estimate of drug-likeness (QED) is 0.714. The number of carbonyl (C=O) groups excluding carboxylic acids is 2. The van der Waals surface area contributed by atoms with Gasteiger partial charge in [0.25, 0.3) is 5.91 Å². The van der Waals surface area contributed by atoms with Crippen molar-refractivity contribution >= 4 is 28.9 Å². The molecule has 2 amide bonds. The zero-order valence-electron chi connectivity index (χ0n) is 16.2. The Balaban J connectivity index is 1.40. The van der Waals surface area contributed by atoms with Crippen molar-refractivity contribution in [1.29, 1.82) is 0 Å². The molecule has 1 aliphatic heterocycles. The summed E-state index contributed by atoms with van der Waals surface area (Å²) in [6.45, 7) is 3.24. The van der Waals surface area contributed by atoms with E-state index in [4.69, 9.17) is 0 Å². The molecule has 1 aliphatic rings. The minimum atomic E-state index is -0.271. The number of nitrogens with zero attached hydrogens (tertiary/aromatic N) is 2. The van der Waals surface area contributed by atoms with Crippen molar-refractivity contribution in [1.82, 2.24) is 4.98 Å². The highest BCUT2D eigenvalue weighted by Crippen LogP contribution is 2.24. The van der Waals surface area contributed by atoms with Crippen molar-refractivity contribution in [3.05, 3.63) is 83.7 Å². The minimum absolute atomic E-state index is 0.136. The van der Waals surface area contributed by atoms with E-state index in [0.717, 1.165) is 25.2 Å². The summed E-state index contributed by atoms with van der Waals surface area (Å²) in [4.78, 5) is 30.2. The minimum Gasteiger partial charge on any atom is -0.366 e. The fourth-order valence-corrected chi connectivity index (χ4v) is 3.46. The molecule has 146 valence electrons. The van der Waals surface area contributed by atoms with Crippen molar-refractivity contribution in [2.45, 2.75) is 19.9 Å². The number of pyridine rings is 1. The third-order valence-corrected chi connectivity index (χ3v) is 4.94. The lowest BCUT2D eigenvalue weighted by atomic mass is 10.00. The molecule has 4 rings (SSSR count). The molecule has 0 bridgehead atoms. The summed E-state index contributed by atoms with van der Waals surface area (Å²) in [6, 6.07) is 19.1. The molecule has 0 spiro atoms. The molecule has 0 atom stereocenters. The number of hydrogen-bond acceptors (Lipinski definition) is 4. The summed E-state index contributed by atoms with van der Waals surface area (Å²) in [5.74, 6) is -0.406. The van der Waals surface area contributed by atoms with Crippen LogP contribution in [0.3, 0.4) is 0 Å². The molecular weight excluding hydrogens is 364 g/mol.